The molecule has 0 saturated carbocycles. The minimum Gasteiger partial charge on any atom is -0.423 e. The smallest absolute Gasteiger partial charge is 0.423 e. The molecule has 2 aliphatic rings. The standard InChI is InChI=1S/C13H14BNO4/c16-7-11-2-1-5-15(11)13(17)9-3-4-10-8-19-14(18)12(10)6-9/h3-4,6-7,11,18H,1-2,5,8H2. The molecule has 1 N–H and O–H groups in total. The fourth-order valence-corrected chi connectivity index (χ4v) is 2.70. The molecule has 0 aliphatic carbocycles. The molecule has 1 unspecified atom stereocenters. The quantitative estimate of drug-likeness (QED) is 0.585. The van der Waals surface area contributed by atoms with Crippen molar-refractivity contribution in [1.82, 2.24) is 4.90 Å². The van der Waals surface area contributed by atoms with E-state index >= 15 is 0 Å². The van der Waals surface area contributed by atoms with Crippen LogP contribution in [0.1, 0.15) is 28.8 Å². The number of carbonyl (C=O) groups is 2. The Kier molecular flexibility index (Phi) is 3.12. The van der Waals surface area contributed by atoms with Gasteiger partial charge in [-0.15, -0.1) is 0 Å². The zero-order valence-electron chi connectivity index (χ0n) is 10.4. The summed E-state index contributed by atoms with van der Waals surface area (Å²) < 4.78 is 5.10. The van der Waals surface area contributed by atoms with E-state index in [0.717, 1.165) is 24.7 Å². The van der Waals surface area contributed by atoms with Crippen LogP contribution in [-0.2, 0) is 16.1 Å². The van der Waals surface area contributed by atoms with Crippen molar-refractivity contribution in [2.75, 3.05) is 6.54 Å². The van der Waals surface area contributed by atoms with E-state index in [1.807, 2.05) is 0 Å². The van der Waals surface area contributed by atoms with Crippen LogP contribution in [0, 0.1) is 0 Å². The molecule has 0 spiro atoms. The Morgan fingerprint density at radius 2 is 2.37 bits per heavy atom. The van der Waals surface area contributed by atoms with Gasteiger partial charge in [-0.05, 0) is 36.0 Å². The van der Waals surface area contributed by atoms with Crippen LogP contribution >= 0.6 is 0 Å². The van der Waals surface area contributed by atoms with Crippen molar-refractivity contribution < 1.29 is 19.3 Å². The Morgan fingerprint density at radius 1 is 1.53 bits per heavy atom. The number of benzene rings is 1. The van der Waals surface area contributed by atoms with Crippen LogP contribution in [0.5, 0.6) is 0 Å². The first-order valence-corrected chi connectivity index (χ1v) is 6.39. The Labute approximate surface area is 111 Å². The van der Waals surface area contributed by atoms with Crippen molar-refractivity contribution in [3.05, 3.63) is 29.3 Å². The fraction of sp³-hybridized carbons (Fsp3) is 0.385. The van der Waals surface area contributed by atoms with Gasteiger partial charge in [-0.25, -0.2) is 0 Å². The first-order chi connectivity index (χ1) is 9.20. The summed E-state index contributed by atoms with van der Waals surface area (Å²) in [6, 6.07) is 4.87. The normalized spacial score (nSPS) is 21.6. The average molecular weight is 259 g/mol. The third-order valence-corrected chi connectivity index (χ3v) is 3.77. The van der Waals surface area contributed by atoms with Crippen LogP contribution in [0.2, 0.25) is 0 Å². The highest BCUT2D eigenvalue weighted by molar-refractivity contribution is 6.61. The number of fused-ring (bicyclic) bond motifs is 1. The number of hydrogen-bond donors (Lipinski definition) is 1. The predicted molar refractivity (Wildman–Crippen MR) is 69.0 cm³/mol. The molecule has 19 heavy (non-hydrogen) atoms. The molecule has 1 atom stereocenters. The maximum atomic E-state index is 12.4. The molecule has 0 aromatic heterocycles. The lowest BCUT2D eigenvalue weighted by atomic mass is 9.78. The van der Waals surface area contributed by atoms with Crippen molar-refractivity contribution in [3.63, 3.8) is 0 Å². The van der Waals surface area contributed by atoms with E-state index < -0.39 is 7.12 Å². The first kappa shape index (κ1) is 12.4. The molecular formula is C13H14BNO4. The van der Waals surface area contributed by atoms with Crippen LogP contribution in [0.25, 0.3) is 0 Å². The van der Waals surface area contributed by atoms with E-state index in [4.69, 9.17) is 4.65 Å². The van der Waals surface area contributed by atoms with Crippen LogP contribution in [0.3, 0.4) is 0 Å². The lowest BCUT2D eigenvalue weighted by Gasteiger charge is -2.20. The number of amides is 1. The van der Waals surface area contributed by atoms with Crippen molar-refractivity contribution in [3.8, 4) is 0 Å². The highest BCUT2D eigenvalue weighted by Gasteiger charge is 2.32. The van der Waals surface area contributed by atoms with Crippen LogP contribution in [0.4, 0.5) is 0 Å². The number of carbonyl (C=O) groups excluding carboxylic acids is 2. The maximum absolute atomic E-state index is 12.4. The van der Waals surface area contributed by atoms with Crippen LogP contribution in [0.15, 0.2) is 18.2 Å². The van der Waals surface area contributed by atoms with Gasteiger partial charge in [-0.2, -0.15) is 0 Å². The van der Waals surface area contributed by atoms with Gasteiger partial charge in [0.1, 0.15) is 6.29 Å². The number of nitrogens with zero attached hydrogens (tertiary/aromatic N) is 1. The Balaban J connectivity index is 1.88. The second kappa shape index (κ2) is 4.79. The summed E-state index contributed by atoms with van der Waals surface area (Å²) in [6.45, 7) is 0.976. The van der Waals surface area contributed by atoms with Crippen molar-refractivity contribution in [2.24, 2.45) is 0 Å². The summed E-state index contributed by atoms with van der Waals surface area (Å²) in [5, 5.41) is 9.65. The van der Waals surface area contributed by atoms with Crippen LogP contribution < -0.4 is 5.46 Å². The fourth-order valence-electron chi connectivity index (χ4n) is 2.70. The van der Waals surface area contributed by atoms with Gasteiger partial charge in [0.25, 0.3) is 5.91 Å². The second-order valence-corrected chi connectivity index (χ2v) is 4.92. The van der Waals surface area contributed by atoms with E-state index in [0.29, 0.717) is 24.2 Å². The molecule has 0 radical (unpaired) electrons. The van der Waals surface area contributed by atoms with Gasteiger partial charge < -0.3 is 19.4 Å². The first-order valence-electron chi connectivity index (χ1n) is 6.39. The maximum Gasteiger partial charge on any atom is 0.491 e. The molecule has 98 valence electrons. The number of aldehydes is 1. The van der Waals surface area contributed by atoms with Crippen molar-refractivity contribution in [2.45, 2.75) is 25.5 Å². The topological polar surface area (TPSA) is 66.8 Å². The second-order valence-electron chi connectivity index (χ2n) is 4.92. The summed E-state index contributed by atoms with van der Waals surface area (Å²) in [5.41, 5.74) is 2.04. The summed E-state index contributed by atoms with van der Waals surface area (Å²) in [5.74, 6) is -0.156. The molecule has 1 fully saturated rings. The zero-order valence-corrected chi connectivity index (χ0v) is 10.4. The molecule has 0 bridgehead atoms. The zero-order chi connectivity index (χ0) is 13.4. The van der Waals surface area contributed by atoms with Gasteiger partial charge in [0.2, 0.25) is 0 Å². The molecule has 3 rings (SSSR count). The minimum atomic E-state index is -0.955. The summed E-state index contributed by atoms with van der Waals surface area (Å²) in [4.78, 5) is 24.9. The van der Waals surface area contributed by atoms with Gasteiger partial charge in [-0.3, -0.25) is 4.79 Å². The van der Waals surface area contributed by atoms with Crippen molar-refractivity contribution >= 4 is 24.8 Å². The monoisotopic (exact) mass is 259 g/mol. The Bertz CT molecular complexity index is 533. The van der Waals surface area contributed by atoms with E-state index in [1.54, 1.807) is 23.1 Å². The molecule has 2 heterocycles. The highest BCUT2D eigenvalue weighted by atomic mass is 16.5. The minimum absolute atomic E-state index is 0.156. The summed E-state index contributed by atoms with van der Waals surface area (Å²) in [6.07, 6.45) is 2.41. The number of rotatable bonds is 2. The van der Waals surface area contributed by atoms with E-state index in [2.05, 4.69) is 0 Å². The summed E-state index contributed by atoms with van der Waals surface area (Å²) >= 11 is 0. The van der Waals surface area contributed by atoms with Gasteiger partial charge in [0.05, 0.1) is 12.6 Å². The molecule has 2 aliphatic heterocycles. The Morgan fingerprint density at radius 3 is 3.16 bits per heavy atom. The van der Waals surface area contributed by atoms with Crippen molar-refractivity contribution in [1.29, 1.82) is 0 Å². The molecule has 1 amide bonds. The molecule has 5 nitrogen and oxygen atoms in total. The van der Waals surface area contributed by atoms with E-state index in [-0.39, 0.29) is 11.9 Å². The average Bonchev–Trinajstić information content (AvgIpc) is 3.04. The Hall–Kier alpha value is -1.66. The predicted octanol–water partition coefficient (Wildman–Crippen LogP) is -0.292. The van der Waals surface area contributed by atoms with Gasteiger partial charge >= 0.3 is 7.12 Å². The SMILES string of the molecule is O=CC1CCCN1C(=O)c1ccc2c(c1)B(O)OC2. The molecule has 1 saturated heterocycles. The highest BCUT2D eigenvalue weighted by Crippen LogP contribution is 2.19. The van der Waals surface area contributed by atoms with Crippen LogP contribution in [-0.4, -0.2) is 41.8 Å². The molecule has 1 aromatic rings. The number of hydrogen-bond acceptors (Lipinski definition) is 4. The third kappa shape index (κ3) is 2.07. The largest absolute Gasteiger partial charge is 0.491 e. The number of likely N-dealkylation sites (tertiary alicyclic amines) is 1. The van der Waals surface area contributed by atoms with E-state index in [1.165, 1.54) is 0 Å². The third-order valence-electron chi connectivity index (χ3n) is 3.77. The lowest BCUT2D eigenvalue weighted by molar-refractivity contribution is -0.111. The van der Waals surface area contributed by atoms with Gasteiger partial charge in [0, 0.05) is 12.1 Å². The molecular weight excluding hydrogens is 245 g/mol. The molecule has 6 heteroatoms. The van der Waals surface area contributed by atoms with E-state index in [9.17, 15) is 14.6 Å². The lowest BCUT2D eigenvalue weighted by Crippen LogP contribution is -2.37. The van der Waals surface area contributed by atoms with Gasteiger partial charge in [0.15, 0.2) is 0 Å². The van der Waals surface area contributed by atoms with Gasteiger partial charge in [-0.1, -0.05) is 6.07 Å². The summed E-state index contributed by atoms with van der Waals surface area (Å²) in [7, 11) is -0.955. The molecule has 1 aromatic carbocycles.